The van der Waals surface area contributed by atoms with E-state index in [-0.39, 0.29) is 0 Å². The molecule has 0 bridgehead atoms. The summed E-state index contributed by atoms with van der Waals surface area (Å²) in [6.07, 6.45) is 0. The second-order valence-electron chi connectivity index (χ2n) is 3.26. The summed E-state index contributed by atoms with van der Waals surface area (Å²) < 4.78 is 8.56. The Hall–Kier alpha value is -1.14. The van der Waals surface area contributed by atoms with Crippen LogP contribution in [-0.4, -0.2) is 21.9 Å². The third kappa shape index (κ3) is 2.03. The maximum absolute atomic E-state index is 5.21. The highest BCUT2D eigenvalue weighted by Gasteiger charge is 2.06. The van der Waals surface area contributed by atoms with Gasteiger partial charge >= 0.3 is 0 Å². The fraction of sp³-hybridized carbons (Fsp3) is 0.200. The first kappa shape index (κ1) is 11.3. The van der Waals surface area contributed by atoms with Gasteiger partial charge in [0.25, 0.3) is 0 Å². The fourth-order valence-electron chi connectivity index (χ4n) is 1.47. The van der Waals surface area contributed by atoms with Crippen LogP contribution in [0.15, 0.2) is 22.7 Å². The minimum Gasteiger partial charge on any atom is -0.497 e. The number of hydrogen-bond acceptors (Lipinski definition) is 3. The van der Waals surface area contributed by atoms with Gasteiger partial charge in [0.1, 0.15) is 11.6 Å². The minimum atomic E-state index is 0.567. The Morgan fingerprint density at radius 3 is 2.75 bits per heavy atom. The lowest BCUT2D eigenvalue weighted by Crippen LogP contribution is -1.98. The first-order chi connectivity index (χ1) is 7.61. The zero-order valence-corrected chi connectivity index (χ0v) is 11.2. The number of benzene rings is 1. The van der Waals surface area contributed by atoms with E-state index < -0.39 is 0 Å². The number of nitrogens with zero attached hydrogens (tertiary/aromatic N) is 2. The first-order valence-corrected chi connectivity index (χ1v) is 5.81. The van der Waals surface area contributed by atoms with Gasteiger partial charge in [-0.25, -0.2) is 0 Å². The van der Waals surface area contributed by atoms with Gasteiger partial charge in [-0.2, -0.15) is 5.10 Å². The molecule has 0 spiro atoms. The molecule has 84 valence electrons. The van der Waals surface area contributed by atoms with Crippen molar-refractivity contribution >= 4 is 28.1 Å². The summed E-state index contributed by atoms with van der Waals surface area (Å²) in [5.41, 5.74) is 0.919. The van der Waals surface area contributed by atoms with Crippen molar-refractivity contribution in [3.8, 4) is 11.4 Å². The summed E-state index contributed by atoms with van der Waals surface area (Å²) in [7, 11) is 1.63. The van der Waals surface area contributed by atoms with Gasteiger partial charge < -0.3 is 4.74 Å². The number of aryl methyl sites for hydroxylation is 1. The fourth-order valence-corrected chi connectivity index (χ4v) is 2.22. The quantitative estimate of drug-likeness (QED) is 0.867. The summed E-state index contributed by atoms with van der Waals surface area (Å²) in [6.45, 7) is 1.89. The molecule has 0 aliphatic carbocycles. The van der Waals surface area contributed by atoms with Crippen molar-refractivity contribution in [3.05, 3.63) is 33.3 Å². The van der Waals surface area contributed by atoms with Crippen LogP contribution in [0.4, 0.5) is 0 Å². The van der Waals surface area contributed by atoms with Gasteiger partial charge in [-0.05, 0) is 31.3 Å². The third-order valence-corrected chi connectivity index (χ3v) is 2.92. The second kappa shape index (κ2) is 4.39. The van der Waals surface area contributed by atoms with Gasteiger partial charge in [0.05, 0.1) is 12.8 Å². The van der Waals surface area contributed by atoms with Crippen molar-refractivity contribution in [1.82, 2.24) is 14.8 Å². The van der Waals surface area contributed by atoms with Gasteiger partial charge in [-0.15, -0.1) is 0 Å². The van der Waals surface area contributed by atoms with E-state index in [9.17, 15) is 0 Å². The number of rotatable bonds is 2. The Morgan fingerprint density at radius 2 is 2.19 bits per heavy atom. The van der Waals surface area contributed by atoms with E-state index in [0.29, 0.717) is 4.77 Å². The summed E-state index contributed by atoms with van der Waals surface area (Å²) in [5, 5.41) is 6.82. The average Bonchev–Trinajstić information content (AvgIpc) is 2.57. The lowest BCUT2D eigenvalue weighted by molar-refractivity contribution is 0.414. The third-order valence-electron chi connectivity index (χ3n) is 2.19. The summed E-state index contributed by atoms with van der Waals surface area (Å²) in [6, 6.07) is 5.76. The van der Waals surface area contributed by atoms with Crippen molar-refractivity contribution in [2.24, 2.45) is 0 Å². The smallest absolute Gasteiger partial charge is 0.199 e. The predicted molar refractivity (Wildman–Crippen MR) is 67.7 cm³/mol. The molecule has 0 amide bonds. The molecule has 2 aromatic rings. The van der Waals surface area contributed by atoms with Crippen LogP contribution in [0, 0.1) is 11.7 Å². The molecule has 0 unspecified atom stereocenters. The van der Waals surface area contributed by atoms with E-state index in [0.717, 1.165) is 21.7 Å². The van der Waals surface area contributed by atoms with Crippen molar-refractivity contribution in [1.29, 1.82) is 0 Å². The number of nitrogens with one attached hydrogen (secondary N) is 1. The number of aromatic amines is 1. The highest BCUT2D eigenvalue weighted by Crippen LogP contribution is 2.24. The predicted octanol–water partition coefficient (Wildman–Crippen LogP) is 3.01. The van der Waals surface area contributed by atoms with Crippen LogP contribution in [0.1, 0.15) is 5.82 Å². The maximum atomic E-state index is 5.21. The molecule has 2 rings (SSSR count). The van der Waals surface area contributed by atoms with Crippen LogP contribution >= 0.6 is 28.1 Å². The molecule has 0 saturated carbocycles. The van der Waals surface area contributed by atoms with Gasteiger partial charge in [0, 0.05) is 10.5 Å². The summed E-state index contributed by atoms with van der Waals surface area (Å²) in [4.78, 5) is 0. The Morgan fingerprint density at radius 1 is 1.44 bits per heavy atom. The van der Waals surface area contributed by atoms with Crippen LogP contribution in [0.3, 0.4) is 0 Å². The van der Waals surface area contributed by atoms with Crippen LogP contribution in [0.5, 0.6) is 5.75 Å². The highest BCUT2D eigenvalue weighted by atomic mass is 79.9. The number of halogens is 1. The standard InChI is InChI=1S/C10H10BrN3OS/c1-6-12-13-10(16)14(6)8-3-7(11)4-9(5-8)15-2/h3-5H,1-2H3,(H,13,16). The molecule has 0 radical (unpaired) electrons. The molecular formula is C10H10BrN3OS. The molecule has 1 heterocycles. The number of aromatic nitrogens is 3. The molecule has 1 aromatic carbocycles. The average molecular weight is 300 g/mol. The van der Waals surface area contributed by atoms with Crippen molar-refractivity contribution < 1.29 is 4.74 Å². The molecule has 16 heavy (non-hydrogen) atoms. The summed E-state index contributed by atoms with van der Waals surface area (Å²) in [5.74, 6) is 1.58. The van der Waals surface area contributed by atoms with E-state index in [1.165, 1.54) is 0 Å². The molecule has 0 aliphatic rings. The number of hydrogen-bond donors (Lipinski definition) is 1. The zero-order chi connectivity index (χ0) is 11.7. The topological polar surface area (TPSA) is 42.8 Å². The molecule has 0 atom stereocenters. The SMILES string of the molecule is COc1cc(Br)cc(-n2c(C)n[nH]c2=S)c1. The Bertz CT molecular complexity index is 576. The second-order valence-corrected chi connectivity index (χ2v) is 4.56. The van der Waals surface area contributed by atoms with Crippen molar-refractivity contribution in [2.45, 2.75) is 6.92 Å². The molecule has 1 N–H and O–H groups in total. The molecule has 0 aliphatic heterocycles. The van der Waals surface area contributed by atoms with Crippen LogP contribution in [0.25, 0.3) is 5.69 Å². The van der Waals surface area contributed by atoms with E-state index in [4.69, 9.17) is 17.0 Å². The van der Waals surface area contributed by atoms with E-state index >= 15 is 0 Å². The van der Waals surface area contributed by atoms with Gasteiger partial charge in [0.15, 0.2) is 4.77 Å². The Labute approximate surface area is 106 Å². The summed E-state index contributed by atoms with van der Waals surface area (Å²) >= 11 is 8.60. The maximum Gasteiger partial charge on any atom is 0.199 e. The molecule has 1 aromatic heterocycles. The lowest BCUT2D eigenvalue weighted by atomic mass is 10.3. The van der Waals surface area contributed by atoms with Gasteiger partial charge in [0.2, 0.25) is 0 Å². The minimum absolute atomic E-state index is 0.567. The van der Waals surface area contributed by atoms with E-state index in [1.54, 1.807) is 7.11 Å². The number of methoxy groups -OCH3 is 1. The highest BCUT2D eigenvalue weighted by molar-refractivity contribution is 9.10. The largest absolute Gasteiger partial charge is 0.497 e. The van der Waals surface area contributed by atoms with Gasteiger partial charge in [-0.1, -0.05) is 15.9 Å². The molecule has 0 fully saturated rings. The van der Waals surface area contributed by atoms with Crippen molar-refractivity contribution in [2.75, 3.05) is 7.11 Å². The molecule has 4 nitrogen and oxygen atoms in total. The van der Waals surface area contributed by atoms with E-state index in [2.05, 4.69) is 26.1 Å². The zero-order valence-electron chi connectivity index (χ0n) is 8.82. The van der Waals surface area contributed by atoms with Gasteiger partial charge in [-0.3, -0.25) is 9.67 Å². The molecule has 0 saturated heterocycles. The van der Waals surface area contributed by atoms with Crippen LogP contribution in [0.2, 0.25) is 0 Å². The molecular weight excluding hydrogens is 290 g/mol. The number of H-pyrrole nitrogens is 1. The first-order valence-electron chi connectivity index (χ1n) is 4.61. The van der Waals surface area contributed by atoms with Crippen LogP contribution < -0.4 is 4.74 Å². The Balaban J connectivity index is 2.64. The van der Waals surface area contributed by atoms with Crippen molar-refractivity contribution in [3.63, 3.8) is 0 Å². The van der Waals surface area contributed by atoms with E-state index in [1.807, 2.05) is 29.7 Å². The van der Waals surface area contributed by atoms with Crippen LogP contribution in [-0.2, 0) is 0 Å². The monoisotopic (exact) mass is 299 g/mol. The normalized spacial score (nSPS) is 10.4. The Kier molecular flexibility index (Phi) is 3.11. The molecule has 6 heteroatoms. The number of ether oxygens (including phenoxy) is 1. The lowest BCUT2D eigenvalue weighted by Gasteiger charge is -2.07.